The summed E-state index contributed by atoms with van der Waals surface area (Å²) in [6, 6.07) is 11.1. The van der Waals surface area contributed by atoms with Crippen LogP contribution in [0.1, 0.15) is 34.6 Å². The fourth-order valence-electron chi connectivity index (χ4n) is 2.83. The molecule has 24 heavy (non-hydrogen) atoms. The van der Waals surface area contributed by atoms with Crippen LogP contribution in [0.25, 0.3) is 0 Å². The lowest BCUT2D eigenvalue weighted by Crippen LogP contribution is -2.49. The van der Waals surface area contributed by atoms with E-state index in [2.05, 4.69) is 46.7 Å². The van der Waals surface area contributed by atoms with Crippen LogP contribution >= 0.6 is 12.4 Å². The first-order chi connectivity index (χ1) is 11.2. The van der Waals surface area contributed by atoms with Crippen molar-refractivity contribution in [2.24, 2.45) is 0 Å². The number of halogens is 1. The monoisotopic (exact) mass is 348 g/mol. The Morgan fingerprint density at radius 1 is 1.25 bits per heavy atom. The first kappa shape index (κ1) is 18.2. The average Bonchev–Trinajstić information content (AvgIpc) is 2.62. The van der Waals surface area contributed by atoms with E-state index in [1.807, 2.05) is 4.90 Å². The van der Waals surface area contributed by atoms with Crippen molar-refractivity contribution < 1.29 is 4.79 Å². The molecule has 1 aliphatic rings. The summed E-state index contributed by atoms with van der Waals surface area (Å²) in [4.78, 5) is 25.7. The number of carbonyl (C=O) groups excluding carboxylic acids is 1. The summed E-state index contributed by atoms with van der Waals surface area (Å²) < 4.78 is 0. The molecular formula is C17H21ClN4O2. The highest BCUT2D eigenvalue weighted by Crippen LogP contribution is 2.24. The number of hydrogen-bond acceptors (Lipinski definition) is 4. The standard InChI is InChI=1S/C17H20N4O2.ClH/c1-2-12-3-5-13(6-4-12)15-11-18-9-10-21(15)17(23)14-7-8-16(22)20-19-14;/h3-8,15,18H,2,9-11H2,1H3,(H,20,22);1H. The quantitative estimate of drug-likeness (QED) is 0.882. The number of nitrogens with one attached hydrogen (secondary N) is 2. The number of aromatic nitrogens is 2. The molecule has 2 heterocycles. The van der Waals surface area contributed by atoms with Gasteiger partial charge in [-0.05, 0) is 23.6 Å². The van der Waals surface area contributed by atoms with Gasteiger partial charge < -0.3 is 10.2 Å². The Hall–Kier alpha value is -2.18. The van der Waals surface area contributed by atoms with Gasteiger partial charge in [0.15, 0.2) is 0 Å². The van der Waals surface area contributed by atoms with Crippen LogP contribution in [0.15, 0.2) is 41.2 Å². The third kappa shape index (κ3) is 3.83. The van der Waals surface area contributed by atoms with Crippen molar-refractivity contribution in [3.05, 3.63) is 63.6 Å². The van der Waals surface area contributed by atoms with Gasteiger partial charge in [-0.25, -0.2) is 5.10 Å². The van der Waals surface area contributed by atoms with Crippen molar-refractivity contribution in [3.63, 3.8) is 0 Å². The molecule has 1 aromatic heterocycles. The molecule has 128 valence electrons. The van der Waals surface area contributed by atoms with Crippen molar-refractivity contribution in [2.75, 3.05) is 19.6 Å². The molecule has 0 bridgehead atoms. The minimum atomic E-state index is -0.312. The number of carbonyl (C=O) groups is 1. The molecule has 7 heteroatoms. The number of rotatable bonds is 3. The van der Waals surface area contributed by atoms with Crippen LogP contribution in [0.4, 0.5) is 0 Å². The van der Waals surface area contributed by atoms with Gasteiger partial charge in [0.2, 0.25) is 0 Å². The molecule has 1 amide bonds. The van der Waals surface area contributed by atoms with E-state index in [0.29, 0.717) is 13.1 Å². The molecular weight excluding hydrogens is 328 g/mol. The Labute approximate surface area is 146 Å². The molecule has 6 nitrogen and oxygen atoms in total. The minimum absolute atomic E-state index is 0. The molecule has 1 saturated heterocycles. The molecule has 0 spiro atoms. The van der Waals surface area contributed by atoms with Crippen LogP contribution in [0.2, 0.25) is 0 Å². The van der Waals surface area contributed by atoms with Gasteiger partial charge in [0.25, 0.3) is 11.5 Å². The first-order valence-electron chi connectivity index (χ1n) is 7.85. The summed E-state index contributed by atoms with van der Waals surface area (Å²) in [5, 5.41) is 9.52. The fourth-order valence-corrected chi connectivity index (χ4v) is 2.83. The Balaban J connectivity index is 0.00000208. The first-order valence-corrected chi connectivity index (χ1v) is 7.85. The summed E-state index contributed by atoms with van der Waals surface area (Å²) in [6.07, 6.45) is 0.993. The molecule has 0 aliphatic carbocycles. The Morgan fingerprint density at radius 3 is 2.62 bits per heavy atom. The molecule has 1 atom stereocenters. The second kappa shape index (κ2) is 8.08. The number of benzene rings is 1. The van der Waals surface area contributed by atoms with Crippen molar-refractivity contribution >= 4 is 18.3 Å². The van der Waals surface area contributed by atoms with Gasteiger partial charge in [-0.1, -0.05) is 31.2 Å². The second-order valence-corrected chi connectivity index (χ2v) is 5.62. The zero-order valence-corrected chi connectivity index (χ0v) is 14.3. The molecule has 0 saturated carbocycles. The lowest BCUT2D eigenvalue weighted by atomic mass is 10.0. The topological polar surface area (TPSA) is 78.1 Å². The SMILES string of the molecule is CCc1ccc(C2CNCCN2C(=O)c2ccc(=O)[nH]n2)cc1.Cl. The van der Waals surface area contributed by atoms with Crippen LogP contribution in [-0.2, 0) is 6.42 Å². The van der Waals surface area contributed by atoms with Gasteiger partial charge in [-0.15, -0.1) is 12.4 Å². The van der Waals surface area contributed by atoms with E-state index in [1.54, 1.807) is 0 Å². The van der Waals surface area contributed by atoms with Gasteiger partial charge in [-0.3, -0.25) is 9.59 Å². The average molecular weight is 349 g/mol. The molecule has 1 aliphatic heterocycles. The maximum absolute atomic E-state index is 12.7. The summed E-state index contributed by atoms with van der Waals surface area (Å²) in [5.41, 5.74) is 2.33. The molecule has 1 fully saturated rings. The predicted molar refractivity (Wildman–Crippen MR) is 94.6 cm³/mol. The molecule has 1 unspecified atom stereocenters. The fraction of sp³-hybridized carbons (Fsp3) is 0.353. The number of H-pyrrole nitrogens is 1. The maximum Gasteiger partial charge on any atom is 0.274 e. The van der Waals surface area contributed by atoms with Gasteiger partial charge in [-0.2, -0.15) is 5.10 Å². The molecule has 2 aromatic rings. The van der Waals surface area contributed by atoms with Crippen molar-refractivity contribution in [1.29, 1.82) is 0 Å². The summed E-state index contributed by atoms with van der Waals surface area (Å²) >= 11 is 0. The molecule has 3 rings (SSSR count). The highest BCUT2D eigenvalue weighted by atomic mass is 35.5. The number of nitrogens with zero attached hydrogens (tertiary/aromatic N) is 2. The number of piperazine rings is 1. The van der Waals surface area contributed by atoms with Crippen LogP contribution < -0.4 is 10.9 Å². The number of aromatic amines is 1. The van der Waals surface area contributed by atoms with E-state index in [-0.39, 0.29) is 35.6 Å². The van der Waals surface area contributed by atoms with Crippen LogP contribution in [-0.4, -0.2) is 40.6 Å². The van der Waals surface area contributed by atoms with Gasteiger partial charge in [0.05, 0.1) is 6.04 Å². The lowest BCUT2D eigenvalue weighted by molar-refractivity contribution is 0.0627. The Morgan fingerprint density at radius 2 is 2.00 bits per heavy atom. The van der Waals surface area contributed by atoms with E-state index in [4.69, 9.17) is 0 Å². The van der Waals surface area contributed by atoms with E-state index < -0.39 is 0 Å². The normalized spacial score (nSPS) is 17.2. The largest absolute Gasteiger partial charge is 0.328 e. The van der Waals surface area contributed by atoms with Crippen LogP contribution in [0.3, 0.4) is 0 Å². The zero-order valence-electron chi connectivity index (χ0n) is 13.5. The molecule has 2 N–H and O–H groups in total. The zero-order chi connectivity index (χ0) is 16.2. The predicted octanol–water partition coefficient (Wildman–Crippen LogP) is 1.54. The lowest BCUT2D eigenvalue weighted by Gasteiger charge is -2.36. The van der Waals surface area contributed by atoms with Crippen molar-refractivity contribution in [3.8, 4) is 0 Å². The Bertz CT molecular complexity index is 725. The van der Waals surface area contributed by atoms with Gasteiger partial charge >= 0.3 is 0 Å². The minimum Gasteiger partial charge on any atom is -0.328 e. The molecule has 1 aromatic carbocycles. The number of amides is 1. The van der Waals surface area contributed by atoms with Crippen molar-refractivity contribution in [2.45, 2.75) is 19.4 Å². The maximum atomic E-state index is 12.7. The van der Waals surface area contributed by atoms with E-state index >= 15 is 0 Å². The van der Waals surface area contributed by atoms with Crippen molar-refractivity contribution in [1.82, 2.24) is 20.4 Å². The second-order valence-electron chi connectivity index (χ2n) is 5.62. The van der Waals surface area contributed by atoms with Crippen LogP contribution in [0.5, 0.6) is 0 Å². The van der Waals surface area contributed by atoms with Gasteiger partial charge in [0.1, 0.15) is 5.69 Å². The molecule has 0 radical (unpaired) electrons. The van der Waals surface area contributed by atoms with E-state index in [9.17, 15) is 9.59 Å². The Kier molecular flexibility index (Phi) is 6.11. The smallest absolute Gasteiger partial charge is 0.274 e. The number of hydrogen-bond donors (Lipinski definition) is 2. The van der Waals surface area contributed by atoms with Crippen LogP contribution in [0, 0.1) is 0 Å². The third-order valence-electron chi connectivity index (χ3n) is 4.18. The van der Waals surface area contributed by atoms with E-state index in [1.165, 1.54) is 17.7 Å². The summed E-state index contributed by atoms with van der Waals surface area (Å²) in [7, 11) is 0. The highest BCUT2D eigenvalue weighted by molar-refractivity contribution is 5.92. The highest BCUT2D eigenvalue weighted by Gasteiger charge is 2.29. The third-order valence-corrected chi connectivity index (χ3v) is 4.18. The van der Waals surface area contributed by atoms with E-state index in [0.717, 1.165) is 18.5 Å². The summed E-state index contributed by atoms with van der Waals surface area (Å²) in [5.74, 6) is -0.160. The summed E-state index contributed by atoms with van der Waals surface area (Å²) in [6.45, 7) is 4.19. The number of aryl methyl sites for hydroxylation is 1. The van der Waals surface area contributed by atoms with Gasteiger partial charge in [0, 0.05) is 25.7 Å².